The molecule has 1 saturated heterocycles. The van der Waals surface area contributed by atoms with Gasteiger partial charge in [0.15, 0.2) is 6.29 Å². The zero-order valence-corrected chi connectivity index (χ0v) is 8.52. The first-order valence-corrected chi connectivity index (χ1v) is 4.89. The first kappa shape index (κ1) is 12.4. The van der Waals surface area contributed by atoms with Crippen LogP contribution in [0.2, 0.25) is 0 Å². The number of ether oxygens (including phenoxy) is 4. The van der Waals surface area contributed by atoms with Crippen LogP contribution in [0.1, 0.15) is 6.42 Å². The number of aliphatic carboxylic acids is 1. The highest BCUT2D eigenvalue weighted by atomic mass is 16.7. The summed E-state index contributed by atoms with van der Waals surface area (Å²) >= 11 is 0. The van der Waals surface area contributed by atoms with Crippen LogP contribution in [0, 0.1) is 0 Å². The maximum atomic E-state index is 10.1. The largest absolute Gasteiger partial charge is 0.481 e. The first-order valence-electron chi connectivity index (χ1n) is 4.89. The predicted molar refractivity (Wildman–Crippen MR) is 49.6 cm³/mol. The summed E-state index contributed by atoms with van der Waals surface area (Å²) in [5.41, 5.74) is 0. The number of carboxylic acids is 1. The lowest BCUT2D eigenvalue weighted by atomic mass is 10.5. The molecule has 0 amide bonds. The van der Waals surface area contributed by atoms with Crippen molar-refractivity contribution in [3.8, 4) is 0 Å². The molecule has 0 spiro atoms. The van der Waals surface area contributed by atoms with Crippen LogP contribution in [0.15, 0.2) is 0 Å². The smallest absolute Gasteiger partial charge is 0.305 e. The monoisotopic (exact) mass is 220 g/mol. The highest BCUT2D eigenvalue weighted by molar-refractivity contribution is 5.66. The zero-order chi connectivity index (χ0) is 10.9. The highest BCUT2D eigenvalue weighted by Gasteiger charge is 2.15. The van der Waals surface area contributed by atoms with E-state index in [2.05, 4.69) is 0 Å². The van der Waals surface area contributed by atoms with Crippen LogP contribution in [-0.4, -0.2) is 57.0 Å². The standard InChI is InChI=1S/C9H16O6/c10-8(11)1-2-12-3-4-13-7-9-14-5-6-15-9/h9H,1-7H2,(H,10,11). The Balaban J connectivity index is 1.78. The van der Waals surface area contributed by atoms with E-state index in [0.717, 1.165) is 0 Å². The molecular formula is C9H16O6. The minimum Gasteiger partial charge on any atom is -0.481 e. The molecule has 6 nitrogen and oxygen atoms in total. The van der Waals surface area contributed by atoms with Crippen molar-refractivity contribution in [1.29, 1.82) is 0 Å². The number of rotatable bonds is 8. The van der Waals surface area contributed by atoms with Crippen molar-refractivity contribution in [3.05, 3.63) is 0 Å². The van der Waals surface area contributed by atoms with Gasteiger partial charge in [-0.2, -0.15) is 0 Å². The number of carbonyl (C=O) groups is 1. The van der Waals surface area contributed by atoms with E-state index in [1.54, 1.807) is 0 Å². The summed E-state index contributed by atoms with van der Waals surface area (Å²) in [5.74, 6) is -0.858. The van der Waals surface area contributed by atoms with Crippen LogP contribution in [0.25, 0.3) is 0 Å². The second kappa shape index (κ2) is 7.58. The fraction of sp³-hybridized carbons (Fsp3) is 0.889. The summed E-state index contributed by atoms with van der Waals surface area (Å²) in [5, 5.41) is 8.32. The van der Waals surface area contributed by atoms with Crippen molar-refractivity contribution < 1.29 is 28.8 Å². The summed E-state index contributed by atoms with van der Waals surface area (Å²) in [6, 6.07) is 0. The lowest BCUT2D eigenvalue weighted by Crippen LogP contribution is -2.18. The molecule has 0 radical (unpaired) electrons. The molecule has 1 N–H and O–H groups in total. The molecule has 1 aliphatic rings. The highest BCUT2D eigenvalue weighted by Crippen LogP contribution is 2.03. The van der Waals surface area contributed by atoms with Gasteiger partial charge in [0.25, 0.3) is 0 Å². The van der Waals surface area contributed by atoms with Crippen molar-refractivity contribution in [3.63, 3.8) is 0 Å². The van der Waals surface area contributed by atoms with Crippen LogP contribution in [-0.2, 0) is 23.7 Å². The number of carboxylic acid groups (broad SMARTS) is 1. The molecular weight excluding hydrogens is 204 g/mol. The second-order valence-corrected chi connectivity index (χ2v) is 3.00. The van der Waals surface area contributed by atoms with Gasteiger partial charge < -0.3 is 24.1 Å². The zero-order valence-electron chi connectivity index (χ0n) is 8.52. The molecule has 0 aromatic carbocycles. The van der Waals surface area contributed by atoms with Crippen LogP contribution < -0.4 is 0 Å². The molecule has 0 bridgehead atoms. The Bertz CT molecular complexity index is 177. The van der Waals surface area contributed by atoms with E-state index in [1.807, 2.05) is 0 Å². The van der Waals surface area contributed by atoms with Gasteiger partial charge >= 0.3 is 5.97 Å². The Morgan fingerprint density at radius 1 is 1.20 bits per heavy atom. The quantitative estimate of drug-likeness (QED) is 0.574. The van der Waals surface area contributed by atoms with Crippen LogP contribution in [0.4, 0.5) is 0 Å². The third kappa shape index (κ3) is 6.40. The van der Waals surface area contributed by atoms with Crippen LogP contribution in [0.3, 0.4) is 0 Å². The molecule has 15 heavy (non-hydrogen) atoms. The van der Waals surface area contributed by atoms with Gasteiger partial charge in [-0.3, -0.25) is 4.79 Å². The lowest BCUT2D eigenvalue weighted by Gasteiger charge is -2.09. The Morgan fingerprint density at radius 3 is 2.53 bits per heavy atom. The molecule has 1 fully saturated rings. The summed E-state index contributed by atoms with van der Waals surface area (Å²) in [4.78, 5) is 10.1. The van der Waals surface area contributed by atoms with E-state index in [-0.39, 0.29) is 19.3 Å². The van der Waals surface area contributed by atoms with Gasteiger partial charge in [-0.15, -0.1) is 0 Å². The average Bonchev–Trinajstić information content (AvgIpc) is 2.68. The lowest BCUT2D eigenvalue weighted by molar-refractivity contribution is -0.138. The van der Waals surface area contributed by atoms with Crippen molar-refractivity contribution in [1.82, 2.24) is 0 Å². The maximum absolute atomic E-state index is 10.1. The van der Waals surface area contributed by atoms with Gasteiger partial charge in [0, 0.05) is 0 Å². The summed E-state index contributed by atoms with van der Waals surface area (Å²) in [7, 11) is 0. The topological polar surface area (TPSA) is 74.2 Å². The summed E-state index contributed by atoms with van der Waals surface area (Å²) in [6.07, 6.45) is -0.238. The summed E-state index contributed by atoms with van der Waals surface area (Å²) in [6.45, 7) is 2.65. The molecule has 88 valence electrons. The fourth-order valence-corrected chi connectivity index (χ4v) is 1.06. The molecule has 0 unspecified atom stereocenters. The van der Waals surface area contributed by atoms with Gasteiger partial charge in [-0.1, -0.05) is 0 Å². The molecule has 1 rings (SSSR count). The van der Waals surface area contributed by atoms with Crippen molar-refractivity contribution in [2.45, 2.75) is 12.7 Å². The minimum absolute atomic E-state index is 0.0227. The fourth-order valence-electron chi connectivity index (χ4n) is 1.06. The second-order valence-electron chi connectivity index (χ2n) is 3.00. The Morgan fingerprint density at radius 2 is 1.87 bits per heavy atom. The maximum Gasteiger partial charge on any atom is 0.305 e. The van der Waals surface area contributed by atoms with E-state index in [4.69, 9.17) is 24.1 Å². The Hall–Kier alpha value is -0.690. The van der Waals surface area contributed by atoms with Crippen molar-refractivity contribution in [2.24, 2.45) is 0 Å². The molecule has 0 atom stereocenters. The van der Waals surface area contributed by atoms with Gasteiger partial charge in [-0.05, 0) is 0 Å². The van der Waals surface area contributed by atoms with E-state index in [9.17, 15) is 4.79 Å². The number of hydrogen-bond acceptors (Lipinski definition) is 5. The SMILES string of the molecule is O=C(O)CCOCCOCC1OCCO1. The third-order valence-corrected chi connectivity index (χ3v) is 1.78. The Kier molecular flexibility index (Phi) is 6.26. The van der Waals surface area contributed by atoms with Crippen LogP contribution >= 0.6 is 0 Å². The van der Waals surface area contributed by atoms with E-state index < -0.39 is 5.97 Å². The van der Waals surface area contributed by atoms with Gasteiger partial charge in [0.05, 0.1) is 46.1 Å². The molecule has 0 aliphatic carbocycles. The Labute approximate surface area is 88.1 Å². The first-order chi connectivity index (χ1) is 7.29. The normalized spacial score (nSPS) is 17.1. The third-order valence-electron chi connectivity index (χ3n) is 1.78. The van der Waals surface area contributed by atoms with E-state index >= 15 is 0 Å². The molecule has 0 saturated carbocycles. The molecule has 1 heterocycles. The average molecular weight is 220 g/mol. The molecule has 1 aliphatic heterocycles. The van der Waals surface area contributed by atoms with Gasteiger partial charge in [0.2, 0.25) is 0 Å². The minimum atomic E-state index is -0.858. The van der Waals surface area contributed by atoms with Gasteiger partial charge in [0.1, 0.15) is 0 Å². The molecule has 6 heteroatoms. The summed E-state index contributed by atoms with van der Waals surface area (Å²) < 4.78 is 20.5. The van der Waals surface area contributed by atoms with Gasteiger partial charge in [-0.25, -0.2) is 0 Å². The molecule has 0 aromatic rings. The van der Waals surface area contributed by atoms with Crippen LogP contribution in [0.5, 0.6) is 0 Å². The van der Waals surface area contributed by atoms with Crippen molar-refractivity contribution in [2.75, 3.05) is 39.6 Å². The molecule has 0 aromatic heterocycles. The van der Waals surface area contributed by atoms with E-state index in [0.29, 0.717) is 33.0 Å². The number of hydrogen-bond donors (Lipinski definition) is 1. The van der Waals surface area contributed by atoms with E-state index in [1.165, 1.54) is 0 Å². The van der Waals surface area contributed by atoms with Crippen molar-refractivity contribution >= 4 is 5.97 Å². The predicted octanol–water partition coefficient (Wildman–Crippen LogP) is -0.133.